The van der Waals surface area contributed by atoms with Crippen molar-refractivity contribution in [3.63, 3.8) is 0 Å². The SMILES string of the molecule is COc1ccc(CNS(=O)(=O)C2CCNC2)cc1. The number of hydrogen-bond donors (Lipinski definition) is 2. The highest BCUT2D eigenvalue weighted by Crippen LogP contribution is 2.13. The zero-order valence-corrected chi connectivity index (χ0v) is 11.2. The Morgan fingerprint density at radius 1 is 1.39 bits per heavy atom. The molecule has 6 heteroatoms. The van der Waals surface area contributed by atoms with Crippen molar-refractivity contribution in [1.29, 1.82) is 0 Å². The molecule has 1 atom stereocenters. The van der Waals surface area contributed by atoms with Gasteiger partial charge in [0.25, 0.3) is 0 Å². The molecule has 0 amide bonds. The molecule has 0 spiro atoms. The fourth-order valence-electron chi connectivity index (χ4n) is 1.94. The van der Waals surface area contributed by atoms with E-state index in [2.05, 4.69) is 10.0 Å². The molecule has 0 bridgehead atoms. The Bertz CT molecular complexity index is 479. The van der Waals surface area contributed by atoms with Gasteiger partial charge in [-0.2, -0.15) is 0 Å². The number of ether oxygens (including phenoxy) is 1. The normalized spacial score (nSPS) is 19.9. The molecule has 100 valence electrons. The molecular weight excluding hydrogens is 252 g/mol. The summed E-state index contributed by atoms with van der Waals surface area (Å²) >= 11 is 0. The minimum absolute atomic E-state index is 0.309. The molecule has 1 fully saturated rings. The second-order valence-corrected chi connectivity index (χ2v) is 6.37. The third-order valence-electron chi connectivity index (χ3n) is 3.09. The second-order valence-electron chi connectivity index (χ2n) is 4.33. The van der Waals surface area contributed by atoms with Gasteiger partial charge in [-0.1, -0.05) is 12.1 Å². The highest BCUT2D eigenvalue weighted by Gasteiger charge is 2.27. The average Bonchev–Trinajstić information content (AvgIpc) is 2.92. The van der Waals surface area contributed by atoms with E-state index in [1.165, 1.54) is 0 Å². The van der Waals surface area contributed by atoms with Gasteiger partial charge in [-0.15, -0.1) is 0 Å². The lowest BCUT2D eigenvalue weighted by Crippen LogP contribution is -2.35. The maximum Gasteiger partial charge on any atom is 0.216 e. The summed E-state index contributed by atoms with van der Waals surface area (Å²) in [6, 6.07) is 7.35. The Hall–Kier alpha value is -1.11. The first kappa shape index (κ1) is 13.3. The van der Waals surface area contributed by atoms with Crippen LogP contribution in [0.4, 0.5) is 0 Å². The van der Waals surface area contributed by atoms with E-state index >= 15 is 0 Å². The lowest BCUT2D eigenvalue weighted by atomic mass is 10.2. The van der Waals surface area contributed by atoms with E-state index in [4.69, 9.17) is 4.74 Å². The van der Waals surface area contributed by atoms with Gasteiger partial charge >= 0.3 is 0 Å². The van der Waals surface area contributed by atoms with Gasteiger partial charge < -0.3 is 10.1 Å². The van der Waals surface area contributed by atoms with Crippen LogP contribution in [-0.4, -0.2) is 33.9 Å². The third-order valence-corrected chi connectivity index (χ3v) is 4.92. The molecule has 2 rings (SSSR count). The number of sulfonamides is 1. The minimum atomic E-state index is -3.22. The van der Waals surface area contributed by atoms with Crippen molar-refractivity contribution in [2.75, 3.05) is 20.2 Å². The number of methoxy groups -OCH3 is 1. The molecule has 1 aliphatic heterocycles. The van der Waals surface area contributed by atoms with E-state index in [0.717, 1.165) is 17.9 Å². The monoisotopic (exact) mass is 270 g/mol. The standard InChI is InChI=1S/C12H18N2O3S/c1-17-11-4-2-10(3-5-11)8-14-18(15,16)12-6-7-13-9-12/h2-5,12-14H,6-9H2,1H3. The highest BCUT2D eigenvalue weighted by molar-refractivity contribution is 7.90. The van der Waals surface area contributed by atoms with Gasteiger partial charge in [-0.05, 0) is 30.7 Å². The fourth-order valence-corrected chi connectivity index (χ4v) is 3.31. The molecule has 2 N–H and O–H groups in total. The highest BCUT2D eigenvalue weighted by atomic mass is 32.2. The summed E-state index contributed by atoms with van der Waals surface area (Å²) in [6.07, 6.45) is 0.679. The summed E-state index contributed by atoms with van der Waals surface area (Å²) in [6.45, 7) is 1.63. The quantitative estimate of drug-likeness (QED) is 0.816. The Labute approximate surface area is 108 Å². The predicted molar refractivity (Wildman–Crippen MR) is 70.0 cm³/mol. The van der Waals surface area contributed by atoms with Gasteiger partial charge in [0.2, 0.25) is 10.0 Å². The van der Waals surface area contributed by atoms with E-state index in [-0.39, 0.29) is 5.25 Å². The van der Waals surface area contributed by atoms with Gasteiger partial charge in [0.1, 0.15) is 5.75 Å². The summed E-state index contributed by atoms with van der Waals surface area (Å²) in [4.78, 5) is 0. The van der Waals surface area contributed by atoms with E-state index in [1.54, 1.807) is 7.11 Å². The molecule has 1 heterocycles. The van der Waals surface area contributed by atoms with Crippen molar-refractivity contribution >= 4 is 10.0 Å². The first-order valence-electron chi connectivity index (χ1n) is 5.94. The van der Waals surface area contributed by atoms with E-state index in [0.29, 0.717) is 19.5 Å². The molecule has 1 unspecified atom stereocenters. The Kier molecular flexibility index (Phi) is 4.21. The Balaban J connectivity index is 1.93. The lowest BCUT2D eigenvalue weighted by Gasteiger charge is -2.12. The first-order chi connectivity index (χ1) is 8.62. The third kappa shape index (κ3) is 3.22. The largest absolute Gasteiger partial charge is 0.497 e. The van der Waals surface area contributed by atoms with Crippen LogP contribution in [0.3, 0.4) is 0 Å². The van der Waals surface area contributed by atoms with Crippen LogP contribution in [-0.2, 0) is 16.6 Å². The topological polar surface area (TPSA) is 67.4 Å². The number of rotatable bonds is 5. The van der Waals surface area contributed by atoms with Gasteiger partial charge in [0, 0.05) is 13.1 Å². The molecule has 0 aromatic heterocycles. The number of benzene rings is 1. The molecule has 0 saturated carbocycles. The van der Waals surface area contributed by atoms with Gasteiger partial charge in [0.15, 0.2) is 0 Å². The zero-order chi connectivity index (χ0) is 13.0. The van der Waals surface area contributed by atoms with Crippen LogP contribution in [0, 0.1) is 0 Å². The van der Waals surface area contributed by atoms with Crippen molar-refractivity contribution in [3.8, 4) is 5.75 Å². The molecule has 1 aromatic carbocycles. The molecule has 1 aromatic rings. The molecule has 1 aliphatic rings. The van der Waals surface area contributed by atoms with Crippen LogP contribution in [0.2, 0.25) is 0 Å². The summed E-state index contributed by atoms with van der Waals surface area (Å²) < 4.78 is 31.6. The molecule has 1 saturated heterocycles. The van der Waals surface area contributed by atoms with E-state index in [9.17, 15) is 8.42 Å². The maximum atomic E-state index is 12.0. The van der Waals surface area contributed by atoms with Crippen molar-refractivity contribution in [3.05, 3.63) is 29.8 Å². The summed E-state index contributed by atoms with van der Waals surface area (Å²) in [7, 11) is -1.62. The van der Waals surface area contributed by atoms with Crippen LogP contribution in [0.1, 0.15) is 12.0 Å². The first-order valence-corrected chi connectivity index (χ1v) is 7.48. The van der Waals surface area contributed by atoms with Crippen LogP contribution < -0.4 is 14.8 Å². The van der Waals surface area contributed by atoms with Crippen molar-refractivity contribution in [2.24, 2.45) is 0 Å². The summed E-state index contributed by atoms with van der Waals surface area (Å²) in [5.41, 5.74) is 0.922. The van der Waals surface area contributed by atoms with Gasteiger partial charge in [-0.3, -0.25) is 0 Å². The van der Waals surface area contributed by atoms with Crippen molar-refractivity contribution < 1.29 is 13.2 Å². The fraction of sp³-hybridized carbons (Fsp3) is 0.500. The van der Waals surface area contributed by atoms with Crippen LogP contribution in [0.15, 0.2) is 24.3 Å². The second kappa shape index (κ2) is 5.69. The zero-order valence-electron chi connectivity index (χ0n) is 10.3. The lowest BCUT2D eigenvalue weighted by molar-refractivity contribution is 0.414. The van der Waals surface area contributed by atoms with Crippen molar-refractivity contribution in [1.82, 2.24) is 10.0 Å². The smallest absolute Gasteiger partial charge is 0.216 e. The Morgan fingerprint density at radius 3 is 2.67 bits per heavy atom. The number of hydrogen-bond acceptors (Lipinski definition) is 4. The van der Waals surface area contributed by atoms with Crippen molar-refractivity contribution in [2.45, 2.75) is 18.2 Å². The average molecular weight is 270 g/mol. The van der Waals surface area contributed by atoms with E-state index < -0.39 is 10.0 Å². The van der Waals surface area contributed by atoms with Gasteiger partial charge in [-0.25, -0.2) is 13.1 Å². The molecule has 0 aliphatic carbocycles. The van der Waals surface area contributed by atoms with Crippen LogP contribution >= 0.6 is 0 Å². The molecular formula is C12H18N2O3S. The van der Waals surface area contributed by atoms with Gasteiger partial charge in [0.05, 0.1) is 12.4 Å². The molecule has 18 heavy (non-hydrogen) atoms. The van der Waals surface area contributed by atoms with E-state index in [1.807, 2.05) is 24.3 Å². The minimum Gasteiger partial charge on any atom is -0.497 e. The Morgan fingerprint density at radius 2 is 2.11 bits per heavy atom. The van der Waals surface area contributed by atoms with Crippen LogP contribution in [0.25, 0.3) is 0 Å². The predicted octanol–water partition coefficient (Wildman–Crippen LogP) is 0.476. The number of nitrogens with one attached hydrogen (secondary N) is 2. The molecule has 0 radical (unpaired) electrons. The van der Waals surface area contributed by atoms with Crippen LogP contribution in [0.5, 0.6) is 5.75 Å². The summed E-state index contributed by atoms with van der Waals surface area (Å²) in [5, 5.41) is 2.75. The summed E-state index contributed by atoms with van der Waals surface area (Å²) in [5.74, 6) is 0.765. The maximum absolute atomic E-state index is 12.0. The molecule has 5 nitrogen and oxygen atoms in total.